The van der Waals surface area contributed by atoms with E-state index in [1.54, 1.807) is 4.72 Å². The van der Waals surface area contributed by atoms with Crippen LogP contribution in [0.4, 0.5) is 0 Å². The predicted octanol–water partition coefficient (Wildman–Crippen LogP) is -1.02. The van der Waals surface area contributed by atoms with E-state index in [0.29, 0.717) is 0 Å². The van der Waals surface area contributed by atoms with Crippen molar-refractivity contribution in [2.75, 3.05) is 6.00 Å². The lowest BCUT2D eigenvalue weighted by Gasteiger charge is -1.90. The third-order valence-electron chi connectivity index (χ3n) is 0.256. The standard InChI is InChI=1S/CH5ClN2O2S/c2-1-4-7(3,5)6/h4H,1H2,(H2,3,5,6). The van der Waals surface area contributed by atoms with Crippen molar-refractivity contribution in [2.24, 2.45) is 5.14 Å². The average molecular weight is 145 g/mol. The van der Waals surface area contributed by atoms with Crippen LogP contribution in [0.2, 0.25) is 0 Å². The van der Waals surface area contributed by atoms with Crippen molar-refractivity contribution in [3.05, 3.63) is 0 Å². The SMILES string of the molecule is NS(=O)(=O)NCCl. The van der Waals surface area contributed by atoms with E-state index in [4.69, 9.17) is 11.6 Å². The van der Waals surface area contributed by atoms with E-state index < -0.39 is 10.2 Å². The molecule has 0 rings (SSSR count). The number of hydrogen-bond acceptors (Lipinski definition) is 2. The molecule has 0 radical (unpaired) electrons. The molecule has 0 amide bonds. The first kappa shape index (κ1) is 7.16. The average Bonchev–Trinajstić information content (AvgIpc) is 1.30. The lowest BCUT2D eigenvalue weighted by Crippen LogP contribution is -2.29. The van der Waals surface area contributed by atoms with Crippen molar-refractivity contribution in [3.8, 4) is 0 Å². The molecule has 0 fully saturated rings. The van der Waals surface area contributed by atoms with Crippen LogP contribution in [0.5, 0.6) is 0 Å². The lowest BCUT2D eigenvalue weighted by molar-refractivity contribution is 0.589. The zero-order valence-corrected chi connectivity index (χ0v) is 4.96. The second kappa shape index (κ2) is 2.46. The molecule has 0 aliphatic heterocycles. The summed E-state index contributed by atoms with van der Waals surface area (Å²) in [6.07, 6.45) is 0. The van der Waals surface area contributed by atoms with Crippen molar-refractivity contribution < 1.29 is 8.42 Å². The Bertz CT molecular complexity index is 129. The Kier molecular flexibility index (Phi) is 2.52. The van der Waals surface area contributed by atoms with Gasteiger partial charge in [0, 0.05) is 0 Å². The summed E-state index contributed by atoms with van der Waals surface area (Å²) < 4.78 is 21.4. The molecule has 0 unspecified atom stereocenters. The van der Waals surface area contributed by atoms with Gasteiger partial charge in [-0.15, -0.1) is 11.6 Å². The molecule has 7 heavy (non-hydrogen) atoms. The molecule has 0 aliphatic rings. The largest absolute Gasteiger partial charge is 0.275 e. The number of rotatable bonds is 2. The summed E-state index contributed by atoms with van der Waals surface area (Å²) in [5.74, 6) is 0. The summed E-state index contributed by atoms with van der Waals surface area (Å²) in [7, 11) is -3.56. The van der Waals surface area contributed by atoms with Gasteiger partial charge in [0.1, 0.15) is 0 Å². The van der Waals surface area contributed by atoms with Crippen molar-refractivity contribution in [3.63, 3.8) is 0 Å². The molecule has 0 aromatic carbocycles. The Morgan fingerprint density at radius 3 is 2.14 bits per heavy atom. The highest BCUT2D eigenvalue weighted by Gasteiger charge is 1.94. The molecule has 6 heteroatoms. The minimum absolute atomic E-state index is 0.182. The molecular formula is CH5ClN2O2S. The molecular weight excluding hydrogens is 140 g/mol. The van der Waals surface area contributed by atoms with Crippen molar-refractivity contribution in [1.82, 2.24) is 4.72 Å². The first-order chi connectivity index (χ1) is 3.06. The third kappa shape index (κ3) is 6.16. The maximum atomic E-state index is 9.81. The first-order valence-electron chi connectivity index (χ1n) is 1.39. The molecule has 0 atom stereocenters. The number of halogens is 1. The van der Waals surface area contributed by atoms with Crippen LogP contribution in [0, 0.1) is 0 Å². The number of nitrogens with one attached hydrogen (secondary N) is 1. The summed E-state index contributed by atoms with van der Waals surface area (Å²) in [6.45, 7) is 0. The molecule has 3 N–H and O–H groups in total. The highest BCUT2D eigenvalue weighted by molar-refractivity contribution is 7.87. The van der Waals surface area contributed by atoms with E-state index in [2.05, 4.69) is 5.14 Å². The Balaban J connectivity index is 3.60. The van der Waals surface area contributed by atoms with E-state index >= 15 is 0 Å². The summed E-state index contributed by atoms with van der Waals surface area (Å²) >= 11 is 4.92. The molecule has 0 saturated carbocycles. The van der Waals surface area contributed by atoms with Gasteiger partial charge in [-0.1, -0.05) is 0 Å². The van der Waals surface area contributed by atoms with Gasteiger partial charge in [0.2, 0.25) is 0 Å². The van der Waals surface area contributed by atoms with E-state index in [-0.39, 0.29) is 6.00 Å². The van der Waals surface area contributed by atoms with Crippen molar-refractivity contribution in [1.29, 1.82) is 0 Å². The highest BCUT2D eigenvalue weighted by atomic mass is 35.5. The molecule has 4 nitrogen and oxygen atoms in total. The van der Waals surface area contributed by atoms with Gasteiger partial charge in [0.15, 0.2) is 0 Å². The fourth-order valence-corrected chi connectivity index (χ4v) is 0.684. The maximum Gasteiger partial charge on any atom is 0.275 e. The zero-order chi connectivity index (χ0) is 5.91. The second-order valence-electron chi connectivity index (χ2n) is 0.823. The topological polar surface area (TPSA) is 72.2 Å². The van der Waals surface area contributed by atoms with E-state index in [1.165, 1.54) is 0 Å². The Morgan fingerprint density at radius 2 is 2.14 bits per heavy atom. The number of nitrogens with two attached hydrogens (primary N) is 1. The van der Waals surface area contributed by atoms with Crippen LogP contribution >= 0.6 is 11.6 Å². The quantitative estimate of drug-likeness (QED) is 0.385. The van der Waals surface area contributed by atoms with Crippen LogP contribution in [0.25, 0.3) is 0 Å². The molecule has 44 valence electrons. The minimum Gasteiger partial charge on any atom is -0.216 e. The van der Waals surface area contributed by atoms with Crippen LogP contribution < -0.4 is 9.86 Å². The van der Waals surface area contributed by atoms with Crippen molar-refractivity contribution in [2.45, 2.75) is 0 Å². The number of hydrogen-bond donors (Lipinski definition) is 2. The molecule has 0 aromatic heterocycles. The first-order valence-corrected chi connectivity index (χ1v) is 3.47. The van der Waals surface area contributed by atoms with E-state index in [9.17, 15) is 8.42 Å². The second-order valence-corrected chi connectivity index (χ2v) is 2.47. The Labute approximate surface area is 46.8 Å². The van der Waals surface area contributed by atoms with Crippen LogP contribution in [-0.2, 0) is 10.2 Å². The third-order valence-corrected chi connectivity index (χ3v) is 1.09. The highest BCUT2D eigenvalue weighted by Crippen LogP contribution is 1.68. The van der Waals surface area contributed by atoms with Gasteiger partial charge in [-0.3, -0.25) is 0 Å². The van der Waals surface area contributed by atoms with Gasteiger partial charge < -0.3 is 0 Å². The molecule has 0 aliphatic carbocycles. The fraction of sp³-hybridized carbons (Fsp3) is 1.00. The zero-order valence-electron chi connectivity index (χ0n) is 3.39. The molecule has 0 spiro atoms. The summed E-state index contributed by atoms with van der Waals surface area (Å²) in [6, 6.07) is -0.182. The van der Waals surface area contributed by atoms with Crippen LogP contribution in [-0.4, -0.2) is 14.4 Å². The molecule has 0 aromatic rings. The Morgan fingerprint density at radius 1 is 1.71 bits per heavy atom. The number of alkyl halides is 1. The normalized spacial score (nSPS) is 11.7. The summed E-state index contributed by atoms with van der Waals surface area (Å²) in [5.41, 5.74) is 0. The van der Waals surface area contributed by atoms with Gasteiger partial charge in [-0.25, -0.2) is 5.14 Å². The van der Waals surface area contributed by atoms with Gasteiger partial charge in [0.25, 0.3) is 10.2 Å². The van der Waals surface area contributed by atoms with Gasteiger partial charge in [-0.05, 0) is 0 Å². The van der Waals surface area contributed by atoms with Gasteiger partial charge in [-0.2, -0.15) is 13.1 Å². The molecule has 0 bridgehead atoms. The maximum absolute atomic E-state index is 9.81. The fourth-order valence-electron chi connectivity index (χ4n) is 0.0760. The predicted molar refractivity (Wildman–Crippen MR) is 27.0 cm³/mol. The van der Waals surface area contributed by atoms with Gasteiger partial charge in [0.05, 0.1) is 6.00 Å². The van der Waals surface area contributed by atoms with E-state index in [0.717, 1.165) is 0 Å². The van der Waals surface area contributed by atoms with Crippen LogP contribution in [0.1, 0.15) is 0 Å². The lowest BCUT2D eigenvalue weighted by atomic mass is 11.6. The smallest absolute Gasteiger partial charge is 0.216 e. The van der Waals surface area contributed by atoms with Crippen LogP contribution in [0.3, 0.4) is 0 Å². The van der Waals surface area contributed by atoms with E-state index in [1.807, 2.05) is 0 Å². The summed E-state index contributed by atoms with van der Waals surface area (Å²) in [4.78, 5) is 0. The Hall–Kier alpha value is 0.160. The molecule has 0 heterocycles. The van der Waals surface area contributed by atoms with Gasteiger partial charge >= 0.3 is 0 Å². The van der Waals surface area contributed by atoms with Crippen molar-refractivity contribution >= 4 is 21.8 Å². The minimum atomic E-state index is -3.56. The summed E-state index contributed by atoms with van der Waals surface area (Å²) in [5, 5.41) is 4.42. The monoisotopic (exact) mass is 144 g/mol. The molecule has 0 saturated heterocycles. The van der Waals surface area contributed by atoms with Crippen LogP contribution in [0.15, 0.2) is 0 Å².